The molecule has 1 aliphatic heterocycles. The molecule has 2 nitrogen and oxygen atoms in total. The number of aliphatic imine (C=N–C) groups is 1. The predicted octanol–water partition coefficient (Wildman–Crippen LogP) is 4.34. The van der Waals surface area contributed by atoms with Gasteiger partial charge in [0.25, 0.3) is 0 Å². The Morgan fingerprint density at radius 3 is 2.79 bits per heavy atom. The fourth-order valence-corrected chi connectivity index (χ4v) is 3.92. The summed E-state index contributed by atoms with van der Waals surface area (Å²) in [4.78, 5) is 5.98. The second-order valence-electron chi connectivity index (χ2n) is 4.25. The van der Waals surface area contributed by atoms with Crippen LogP contribution in [0, 0.1) is 0 Å². The van der Waals surface area contributed by atoms with Gasteiger partial charge in [-0.15, -0.1) is 23.5 Å². The van der Waals surface area contributed by atoms with Gasteiger partial charge in [0, 0.05) is 22.1 Å². The van der Waals surface area contributed by atoms with Gasteiger partial charge in [0.05, 0.1) is 10.7 Å². The first kappa shape index (κ1) is 12.6. The molecule has 0 spiro atoms. The van der Waals surface area contributed by atoms with Crippen LogP contribution in [0.25, 0.3) is 0 Å². The number of benzene rings is 2. The molecule has 2 N–H and O–H groups in total. The number of hydrogen-bond donors (Lipinski definition) is 1. The molecule has 0 aliphatic carbocycles. The van der Waals surface area contributed by atoms with Crippen molar-refractivity contribution in [3.05, 3.63) is 54.1 Å². The molecule has 3 rings (SSSR count). The van der Waals surface area contributed by atoms with Crippen molar-refractivity contribution in [3.63, 3.8) is 0 Å². The van der Waals surface area contributed by atoms with Crippen LogP contribution in [0.1, 0.15) is 5.56 Å². The fraction of sp³-hybridized carbons (Fsp3) is 0.133. The molecule has 0 amide bonds. The van der Waals surface area contributed by atoms with Crippen LogP contribution >= 0.6 is 23.5 Å². The third-order valence-electron chi connectivity index (χ3n) is 2.91. The first-order chi connectivity index (χ1) is 9.33. The molecule has 0 saturated carbocycles. The maximum Gasteiger partial charge on any atom is 0.0845 e. The third kappa shape index (κ3) is 2.96. The van der Waals surface area contributed by atoms with Crippen LogP contribution in [-0.2, 0) is 5.75 Å². The molecule has 2 aromatic carbocycles. The molecular weight excluding hydrogens is 272 g/mol. The quantitative estimate of drug-likeness (QED) is 0.835. The maximum absolute atomic E-state index is 5.95. The minimum absolute atomic E-state index is 0.861. The molecule has 0 saturated heterocycles. The van der Waals surface area contributed by atoms with E-state index in [-0.39, 0.29) is 0 Å². The van der Waals surface area contributed by atoms with E-state index >= 15 is 0 Å². The van der Waals surface area contributed by atoms with E-state index in [1.807, 2.05) is 36.0 Å². The molecule has 0 atom stereocenters. The lowest BCUT2D eigenvalue weighted by molar-refractivity contribution is 1.36. The fourth-order valence-electron chi connectivity index (χ4n) is 1.88. The largest absolute Gasteiger partial charge is 0.398 e. The van der Waals surface area contributed by atoms with Crippen molar-refractivity contribution in [2.45, 2.75) is 10.6 Å². The Kier molecular flexibility index (Phi) is 3.80. The van der Waals surface area contributed by atoms with E-state index in [1.165, 1.54) is 15.5 Å². The molecule has 4 heteroatoms. The third-order valence-corrected chi connectivity index (χ3v) is 5.19. The van der Waals surface area contributed by atoms with Crippen molar-refractivity contribution >= 4 is 39.9 Å². The highest BCUT2D eigenvalue weighted by molar-refractivity contribution is 8.15. The number of hydrogen-bond acceptors (Lipinski definition) is 4. The van der Waals surface area contributed by atoms with E-state index in [2.05, 4.69) is 24.3 Å². The van der Waals surface area contributed by atoms with Crippen LogP contribution in [0.3, 0.4) is 0 Å². The number of para-hydroxylation sites is 2. The minimum Gasteiger partial charge on any atom is -0.398 e. The lowest BCUT2D eigenvalue weighted by Crippen LogP contribution is -2.02. The highest BCUT2D eigenvalue weighted by Crippen LogP contribution is 2.36. The van der Waals surface area contributed by atoms with Gasteiger partial charge in [-0.05, 0) is 23.8 Å². The van der Waals surface area contributed by atoms with E-state index in [0.29, 0.717) is 0 Å². The standard InChI is InChI=1S/C15H14N2S2/c16-12-6-2-1-5-11(12)9-19-15-10-18-14-8-4-3-7-13(14)17-15/h1-8H,9-10,16H2. The normalized spacial score (nSPS) is 13.8. The van der Waals surface area contributed by atoms with Gasteiger partial charge < -0.3 is 5.73 Å². The summed E-state index contributed by atoms with van der Waals surface area (Å²) in [5.41, 5.74) is 9.08. The monoisotopic (exact) mass is 286 g/mol. The Hall–Kier alpha value is -1.39. The summed E-state index contributed by atoms with van der Waals surface area (Å²) in [6.07, 6.45) is 0. The Labute approximate surface area is 121 Å². The highest BCUT2D eigenvalue weighted by Gasteiger charge is 2.12. The minimum atomic E-state index is 0.861. The molecule has 1 heterocycles. The van der Waals surface area contributed by atoms with Crippen LogP contribution in [-0.4, -0.2) is 10.8 Å². The summed E-state index contributed by atoms with van der Waals surface area (Å²) in [7, 11) is 0. The van der Waals surface area contributed by atoms with E-state index in [4.69, 9.17) is 10.7 Å². The van der Waals surface area contributed by atoms with Gasteiger partial charge >= 0.3 is 0 Å². The zero-order chi connectivity index (χ0) is 13.1. The number of nitrogen functional groups attached to an aromatic ring is 1. The summed E-state index contributed by atoms with van der Waals surface area (Å²) in [6.45, 7) is 0. The molecule has 0 radical (unpaired) electrons. The number of anilines is 1. The molecule has 0 bridgehead atoms. The second-order valence-corrected chi connectivity index (χ2v) is 6.32. The molecule has 1 aliphatic rings. The van der Waals surface area contributed by atoms with Gasteiger partial charge in [-0.2, -0.15) is 0 Å². The van der Waals surface area contributed by atoms with Crippen molar-refractivity contribution in [3.8, 4) is 0 Å². The highest BCUT2D eigenvalue weighted by atomic mass is 32.2. The number of nitrogens with two attached hydrogens (primary N) is 1. The van der Waals surface area contributed by atoms with Gasteiger partial charge in [-0.3, -0.25) is 0 Å². The summed E-state index contributed by atoms with van der Waals surface area (Å²) in [5.74, 6) is 1.84. The van der Waals surface area contributed by atoms with E-state index < -0.39 is 0 Å². The smallest absolute Gasteiger partial charge is 0.0845 e. The molecule has 96 valence electrons. The van der Waals surface area contributed by atoms with Crippen LogP contribution in [0.5, 0.6) is 0 Å². The van der Waals surface area contributed by atoms with Gasteiger partial charge in [0.2, 0.25) is 0 Å². The molecule has 0 aromatic heterocycles. The van der Waals surface area contributed by atoms with Crippen LogP contribution in [0.15, 0.2) is 58.4 Å². The number of nitrogens with zero attached hydrogens (tertiary/aromatic N) is 1. The van der Waals surface area contributed by atoms with Crippen molar-refractivity contribution in [1.82, 2.24) is 0 Å². The maximum atomic E-state index is 5.95. The number of fused-ring (bicyclic) bond motifs is 1. The van der Waals surface area contributed by atoms with Crippen molar-refractivity contribution in [1.29, 1.82) is 0 Å². The van der Waals surface area contributed by atoms with Crippen molar-refractivity contribution in [2.24, 2.45) is 4.99 Å². The van der Waals surface area contributed by atoms with Crippen molar-refractivity contribution < 1.29 is 0 Å². The van der Waals surface area contributed by atoms with Gasteiger partial charge in [0.15, 0.2) is 0 Å². The molecule has 0 unspecified atom stereocenters. The van der Waals surface area contributed by atoms with Crippen molar-refractivity contribution in [2.75, 3.05) is 11.5 Å². The van der Waals surface area contributed by atoms with E-state index in [9.17, 15) is 0 Å². The van der Waals surface area contributed by atoms with Gasteiger partial charge in [-0.25, -0.2) is 4.99 Å². The Bertz CT molecular complexity index is 623. The first-order valence-corrected chi connectivity index (χ1v) is 8.05. The second kappa shape index (κ2) is 5.72. The molecular formula is C15H14N2S2. The van der Waals surface area contributed by atoms with Gasteiger partial charge in [0.1, 0.15) is 0 Å². The topological polar surface area (TPSA) is 38.4 Å². The first-order valence-electron chi connectivity index (χ1n) is 6.08. The van der Waals surface area contributed by atoms with Crippen LogP contribution in [0.4, 0.5) is 11.4 Å². The lowest BCUT2D eigenvalue weighted by atomic mass is 10.2. The Balaban J connectivity index is 1.72. The van der Waals surface area contributed by atoms with E-state index in [1.54, 1.807) is 11.8 Å². The SMILES string of the molecule is Nc1ccccc1CSC1=Nc2ccccc2SC1. The summed E-state index contributed by atoms with van der Waals surface area (Å²) in [5, 5.41) is 1.17. The summed E-state index contributed by atoms with van der Waals surface area (Å²) >= 11 is 3.63. The Morgan fingerprint density at radius 2 is 1.89 bits per heavy atom. The molecule has 2 aromatic rings. The average molecular weight is 286 g/mol. The lowest BCUT2D eigenvalue weighted by Gasteiger charge is -2.14. The molecule has 0 fully saturated rings. The zero-order valence-corrected chi connectivity index (χ0v) is 12.0. The summed E-state index contributed by atoms with van der Waals surface area (Å²) in [6, 6.07) is 16.3. The van der Waals surface area contributed by atoms with E-state index in [0.717, 1.165) is 22.9 Å². The number of thioether (sulfide) groups is 2. The van der Waals surface area contributed by atoms with Gasteiger partial charge in [-0.1, -0.05) is 30.3 Å². The van der Waals surface area contributed by atoms with Crippen LogP contribution < -0.4 is 5.73 Å². The summed E-state index contributed by atoms with van der Waals surface area (Å²) < 4.78 is 0. The predicted molar refractivity (Wildman–Crippen MR) is 86.4 cm³/mol. The number of rotatable bonds is 2. The molecule has 19 heavy (non-hydrogen) atoms. The Morgan fingerprint density at radius 1 is 1.11 bits per heavy atom. The van der Waals surface area contributed by atoms with Crippen LogP contribution in [0.2, 0.25) is 0 Å². The zero-order valence-electron chi connectivity index (χ0n) is 10.4. The average Bonchev–Trinajstić information content (AvgIpc) is 2.46.